The van der Waals surface area contributed by atoms with E-state index in [2.05, 4.69) is 0 Å². The lowest BCUT2D eigenvalue weighted by Crippen LogP contribution is -2.42. The maximum Gasteiger partial charge on any atom is 0.280 e. The van der Waals surface area contributed by atoms with Gasteiger partial charge in [0.15, 0.2) is 0 Å². The molecule has 0 bridgehead atoms. The highest BCUT2D eigenvalue weighted by Crippen LogP contribution is 2.14. The molecule has 20 heavy (non-hydrogen) atoms. The molecule has 0 spiro atoms. The molecule has 3 N–H and O–H groups in total. The second-order valence-electron chi connectivity index (χ2n) is 4.26. The van der Waals surface area contributed by atoms with E-state index in [0.717, 1.165) is 0 Å². The number of hydrogen-bond acceptors (Lipinski definition) is 8. The van der Waals surface area contributed by atoms with Gasteiger partial charge in [0.1, 0.15) is 0 Å². The molecule has 0 rings (SSSR count). The molecule has 0 heterocycles. The van der Waals surface area contributed by atoms with E-state index in [1.54, 1.807) is 21.3 Å². The number of ether oxygens (including phenoxy) is 1. The first-order valence-corrected chi connectivity index (χ1v) is 8.36. The molecular formula is C11H27NO7Si-. The van der Waals surface area contributed by atoms with E-state index in [-0.39, 0.29) is 26.6 Å². The second kappa shape index (κ2) is 11.5. The number of aliphatic hydroxyl groups is 3. The van der Waals surface area contributed by atoms with Crippen LogP contribution in [0.25, 0.3) is 0 Å². The Balaban J connectivity index is 3.75. The van der Waals surface area contributed by atoms with Crippen molar-refractivity contribution in [2.75, 3.05) is 54.5 Å². The van der Waals surface area contributed by atoms with Crippen molar-refractivity contribution >= 4 is 8.80 Å². The molecule has 1 atom stereocenters. The average Bonchev–Trinajstić information content (AvgIpc) is 2.49. The van der Waals surface area contributed by atoms with E-state index in [1.807, 2.05) is 0 Å². The van der Waals surface area contributed by atoms with Gasteiger partial charge in [0, 0.05) is 13.2 Å². The van der Waals surface area contributed by atoms with Crippen LogP contribution in [0.2, 0.25) is 6.04 Å². The first-order valence-electron chi connectivity index (χ1n) is 6.42. The lowest BCUT2D eigenvalue weighted by molar-refractivity contribution is -0.0303. The standard InChI is InChI=1S/C11H27NO7Si/c1-16-20(17-2,18-3)6-4-5-19-8-11(15)7-12(9-13)10-14/h11,13-15H,4-10H2,1-3H3/q-1. The van der Waals surface area contributed by atoms with Crippen molar-refractivity contribution in [2.24, 2.45) is 0 Å². The van der Waals surface area contributed by atoms with Crippen LogP contribution in [0.5, 0.6) is 0 Å². The first kappa shape index (κ1) is 19.9. The van der Waals surface area contributed by atoms with Crippen LogP contribution in [0.15, 0.2) is 0 Å². The van der Waals surface area contributed by atoms with Crippen molar-refractivity contribution in [2.45, 2.75) is 18.6 Å². The summed E-state index contributed by atoms with van der Waals surface area (Å²) in [6, 6.07) is 0.631. The second-order valence-corrected chi connectivity index (χ2v) is 7.35. The summed E-state index contributed by atoms with van der Waals surface area (Å²) >= 11 is 0. The molecule has 0 fully saturated rings. The monoisotopic (exact) mass is 313 g/mol. The third kappa shape index (κ3) is 7.62. The van der Waals surface area contributed by atoms with Gasteiger partial charge in [0.05, 0.1) is 26.2 Å². The number of nitrogens with zero attached hydrogens (tertiary/aromatic N) is 1. The Hall–Kier alpha value is -0.103. The first-order chi connectivity index (χ1) is 9.57. The normalized spacial score (nSPS) is 13.9. The van der Waals surface area contributed by atoms with Crippen LogP contribution in [-0.4, -0.2) is 89.7 Å². The Morgan fingerprint density at radius 1 is 1.05 bits per heavy atom. The summed E-state index contributed by atoms with van der Waals surface area (Å²) in [5, 5.41) is 27.3. The summed E-state index contributed by atoms with van der Waals surface area (Å²) in [6.07, 6.45) is -0.0679. The molecule has 0 aromatic carbocycles. The number of hydrogen-bond donors (Lipinski definition) is 3. The van der Waals surface area contributed by atoms with Crippen LogP contribution >= 0.6 is 0 Å². The summed E-state index contributed by atoms with van der Waals surface area (Å²) < 4.78 is 21.1. The van der Waals surface area contributed by atoms with Crippen LogP contribution in [0, 0.1) is 0 Å². The van der Waals surface area contributed by atoms with E-state index in [4.69, 9.17) is 28.2 Å². The fourth-order valence-electron chi connectivity index (χ4n) is 1.68. The van der Waals surface area contributed by atoms with E-state index in [0.29, 0.717) is 19.1 Å². The van der Waals surface area contributed by atoms with Gasteiger partial charge in [-0.25, -0.2) is 0 Å². The lowest BCUT2D eigenvalue weighted by atomic mass is 10.3. The topological polar surface area (TPSA) is 101 Å². The molecule has 0 aromatic heterocycles. The van der Waals surface area contributed by atoms with Gasteiger partial charge in [-0.1, -0.05) is 12.5 Å². The SMILES string of the molecule is CO[Si-](CCCOCC(O)CN(CO)CO)(OC)OC. The summed E-state index contributed by atoms with van der Waals surface area (Å²) in [5.74, 6) is 0. The number of aliphatic hydroxyl groups excluding tert-OH is 3. The zero-order valence-electron chi connectivity index (χ0n) is 12.4. The van der Waals surface area contributed by atoms with Crippen molar-refractivity contribution in [3.05, 3.63) is 0 Å². The minimum Gasteiger partial charge on any atom is -0.527 e. The Kier molecular flexibility index (Phi) is 11.5. The highest BCUT2D eigenvalue weighted by Gasteiger charge is 2.21. The Labute approximate surface area is 121 Å². The molecule has 9 heteroatoms. The van der Waals surface area contributed by atoms with E-state index in [9.17, 15) is 5.11 Å². The Bertz CT molecular complexity index is 219. The van der Waals surface area contributed by atoms with Crippen LogP contribution in [0.3, 0.4) is 0 Å². The van der Waals surface area contributed by atoms with E-state index >= 15 is 0 Å². The smallest absolute Gasteiger partial charge is 0.280 e. The number of rotatable bonds is 13. The van der Waals surface area contributed by atoms with Gasteiger partial charge in [-0.3, -0.25) is 4.90 Å². The molecule has 8 nitrogen and oxygen atoms in total. The molecule has 0 saturated carbocycles. The van der Waals surface area contributed by atoms with Gasteiger partial charge < -0.3 is 33.3 Å². The van der Waals surface area contributed by atoms with Crippen molar-refractivity contribution in [1.82, 2.24) is 4.90 Å². The Morgan fingerprint density at radius 3 is 2.05 bits per heavy atom. The maximum absolute atomic E-state index is 9.63. The predicted octanol–water partition coefficient (Wildman–Crippen LogP) is -1.17. The third-order valence-corrected chi connectivity index (χ3v) is 5.72. The van der Waals surface area contributed by atoms with Gasteiger partial charge in [0.25, 0.3) is 8.80 Å². The Morgan fingerprint density at radius 2 is 1.60 bits per heavy atom. The quantitative estimate of drug-likeness (QED) is 0.222. The summed E-state index contributed by atoms with van der Waals surface area (Å²) in [7, 11) is 2.12. The maximum atomic E-state index is 9.63. The van der Waals surface area contributed by atoms with Gasteiger partial charge >= 0.3 is 0 Å². The highest BCUT2D eigenvalue weighted by atomic mass is 28.4. The van der Waals surface area contributed by atoms with Crippen molar-refractivity contribution < 1.29 is 33.3 Å². The van der Waals surface area contributed by atoms with Crippen LogP contribution in [0.1, 0.15) is 6.42 Å². The third-order valence-electron chi connectivity index (χ3n) is 2.88. The van der Waals surface area contributed by atoms with Crippen molar-refractivity contribution in [3.8, 4) is 0 Å². The van der Waals surface area contributed by atoms with Crippen LogP contribution in [0.4, 0.5) is 0 Å². The largest absolute Gasteiger partial charge is 0.527 e. The van der Waals surface area contributed by atoms with E-state index < -0.39 is 14.9 Å². The summed E-state index contributed by atoms with van der Waals surface area (Å²) in [5.41, 5.74) is 0. The fraction of sp³-hybridized carbons (Fsp3) is 1.00. The van der Waals surface area contributed by atoms with Gasteiger partial charge in [0.2, 0.25) is 0 Å². The average molecular weight is 313 g/mol. The zero-order valence-corrected chi connectivity index (χ0v) is 13.4. The van der Waals surface area contributed by atoms with Crippen molar-refractivity contribution in [1.29, 1.82) is 0 Å². The minimum atomic E-state index is -2.55. The fourth-order valence-corrected chi connectivity index (χ4v) is 3.37. The molecule has 0 aliphatic rings. The lowest BCUT2D eigenvalue weighted by Gasteiger charge is -2.38. The molecule has 0 aromatic rings. The van der Waals surface area contributed by atoms with E-state index in [1.165, 1.54) is 4.90 Å². The molecule has 0 aliphatic carbocycles. The molecule has 1 unspecified atom stereocenters. The molecule has 0 saturated heterocycles. The molecule has 0 radical (unpaired) electrons. The summed E-state index contributed by atoms with van der Waals surface area (Å²) in [4.78, 5) is 1.28. The molecule has 0 amide bonds. The van der Waals surface area contributed by atoms with Crippen LogP contribution in [-0.2, 0) is 18.0 Å². The van der Waals surface area contributed by atoms with Crippen LogP contribution < -0.4 is 0 Å². The molecule has 123 valence electrons. The van der Waals surface area contributed by atoms with Gasteiger partial charge in [-0.2, -0.15) is 0 Å². The molecular weight excluding hydrogens is 286 g/mol. The highest BCUT2D eigenvalue weighted by molar-refractivity contribution is 6.60. The summed E-state index contributed by atoms with van der Waals surface area (Å²) in [6.45, 7) is 0.117. The molecule has 0 aliphatic heterocycles. The zero-order chi connectivity index (χ0) is 15.4. The van der Waals surface area contributed by atoms with Gasteiger partial charge in [-0.15, -0.1) is 0 Å². The predicted molar refractivity (Wildman–Crippen MR) is 73.9 cm³/mol. The van der Waals surface area contributed by atoms with Crippen molar-refractivity contribution in [3.63, 3.8) is 0 Å². The minimum absolute atomic E-state index is 0.137. The van der Waals surface area contributed by atoms with Gasteiger partial charge in [-0.05, 0) is 21.3 Å².